The molecular formula is C8H12ClNO3S2. The van der Waals surface area contributed by atoms with Crippen LogP contribution in [-0.4, -0.2) is 37.2 Å². The van der Waals surface area contributed by atoms with E-state index in [0.29, 0.717) is 10.9 Å². The molecule has 0 atom stereocenters. The number of hydrogen-bond acceptors (Lipinski definition) is 4. The van der Waals surface area contributed by atoms with Crippen molar-refractivity contribution in [3.05, 3.63) is 21.3 Å². The zero-order chi connectivity index (χ0) is 11.5. The molecule has 15 heavy (non-hydrogen) atoms. The third kappa shape index (κ3) is 3.73. The smallest absolute Gasteiger partial charge is 0.216 e. The Labute approximate surface area is 98.1 Å². The Balaban J connectivity index is 2.67. The summed E-state index contributed by atoms with van der Waals surface area (Å²) in [6, 6.07) is 3.52. The molecule has 1 heterocycles. The highest BCUT2D eigenvalue weighted by Crippen LogP contribution is 2.22. The number of rotatable bonds is 5. The molecule has 1 N–H and O–H groups in total. The van der Waals surface area contributed by atoms with Crippen LogP contribution in [-0.2, 0) is 16.6 Å². The Morgan fingerprint density at radius 1 is 1.53 bits per heavy atom. The molecule has 1 aromatic heterocycles. The molecule has 0 aliphatic carbocycles. The zero-order valence-corrected chi connectivity index (χ0v) is 10.6. The standard InChI is InChI=1S/C8H12ClNO3S2/c1-10(15(12,13)5-4-11)6-7-2-3-8(9)14-7/h2-3,11H,4-6H2,1H3. The number of aliphatic hydroxyl groups is 1. The first-order valence-corrected chi connectivity index (χ1v) is 7.05. The molecule has 0 fully saturated rings. The molecule has 1 rings (SSSR count). The van der Waals surface area contributed by atoms with Gasteiger partial charge in [0, 0.05) is 18.5 Å². The van der Waals surface area contributed by atoms with Gasteiger partial charge < -0.3 is 5.11 Å². The lowest BCUT2D eigenvalue weighted by molar-refractivity contribution is 0.316. The number of hydrogen-bond donors (Lipinski definition) is 1. The van der Waals surface area contributed by atoms with Gasteiger partial charge in [0.05, 0.1) is 16.7 Å². The fourth-order valence-corrected chi connectivity index (χ4v) is 3.13. The summed E-state index contributed by atoms with van der Waals surface area (Å²) in [5.41, 5.74) is 0. The second-order valence-electron chi connectivity index (χ2n) is 3.00. The molecule has 0 bridgehead atoms. The van der Waals surface area contributed by atoms with Gasteiger partial charge in [-0.3, -0.25) is 0 Å². The minimum atomic E-state index is -3.35. The van der Waals surface area contributed by atoms with Gasteiger partial charge in [-0.25, -0.2) is 8.42 Å². The van der Waals surface area contributed by atoms with E-state index in [2.05, 4.69) is 0 Å². The SMILES string of the molecule is CN(Cc1ccc(Cl)s1)S(=O)(=O)CCO. The van der Waals surface area contributed by atoms with Crippen LogP contribution in [0.15, 0.2) is 12.1 Å². The summed E-state index contributed by atoms with van der Waals surface area (Å²) in [7, 11) is -1.87. The Morgan fingerprint density at radius 3 is 2.67 bits per heavy atom. The van der Waals surface area contributed by atoms with E-state index < -0.39 is 10.0 Å². The van der Waals surface area contributed by atoms with Crippen LogP contribution < -0.4 is 0 Å². The van der Waals surface area contributed by atoms with E-state index in [1.165, 1.54) is 22.7 Å². The summed E-state index contributed by atoms with van der Waals surface area (Å²) in [5, 5.41) is 8.60. The number of halogens is 1. The third-order valence-electron chi connectivity index (χ3n) is 1.83. The van der Waals surface area contributed by atoms with Crippen LogP contribution >= 0.6 is 22.9 Å². The van der Waals surface area contributed by atoms with E-state index in [1.807, 2.05) is 0 Å². The molecule has 0 radical (unpaired) electrons. The first kappa shape index (κ1) is 12.9. The van der Waals surface area contributed by atoms with Crippen molar-refractivity contribution in [3.63, 3.8) is 0 Å². The van der Waals surface area contributed by atoms with Crippen molar-refractivity contribution < 1.29 is 13.5 Å². The summed E-state index contributed by atoms with van der Waals surface area (Å²) in [6.07, 6.45) is 0. The summed E-state index contributed by atoms with van der Waals surface area (Å²) < 4.78 is 24.8. The van der Waals surface area contributed by atoms with E-state index in [-0.39, 0.29) is 12.4 Å². The topological polar surface area (TPSA) is 57.6 Å². The van der Waals surface area contributed by atoms with Gasteiger partial charge in [0.1, 0.15) is 0 Å². The number of nitrogens with zero attached hydrogens (tertiary/aromatic N) is 1. The Bertz CT molecular complexity index is 415. The van der Waals surface area contributed by atoms with Crippen LogP contribution in [0.3, 0.4) is 0 Å². The molecule has 0 unspecified atom stereocenters. The van der Waals surface area contributed by atoms with Crippen LogP contribution in [0.1, 0.15) is 4.88 Å². The van der Waals surface area contributed by atoms with Gasteiger partial charge in [-0.1, -0.05) is 11.6 Å². The van der Waals surface area contributed by atoms with E-state index in [0.717, 1.165) is 4.88 Å². The maximum atomic E-state index is 11.5. The second-order valence-corrected chi connectivity index (χ2v) is 7.00. The first-order valence-electron chi connectivity index (χ1n) is 4.25. The van der Waals surface area contributed by atoms with Gasteiger partial charge in [0.2, 0.25) is 10.0 Å². The number of sulfonamides is 1. The molecule has 1 aromatic rings. The Kier molecular flexibility index (Phi) is 4.54. The fraction of sp³-hybridized carbons (Fsp3) is 0.500. The zero-order valence-electron chi connectivity index (χ0n) is 8.18. The van der Waals surface area contributed by atoms with Crippen molar-refractivity contribution in [3.8, 4) is 0 Å². The van der Waals surface area contributed by atoms with Crippen LogP contribution in [0, 0.1) is 0 Å². The van der Waals surface area contributed by atoms with Gasteiger partial charge in [0.15, 0.2) is 0 Å². The number of aliphatic hydroxyl groups excluding tert-OH is 1. The fourth-order valence-electron chi connectivity index (χ4n) is 1.03. The monoisotopic (exact) mass is 269 g/mol. The molecule has 0 aromatic carbocycles. The van der Waals surface area contributed by atoms with E-state index in [9.17, 15) is 8.42 Å². The van der Waals surface area contributed by atoms with Crippen LogP contribution in [0.4, 0.5) is 0 Å². The summed E-state index contributed by atoms with van der Waals surface area (Å²) >= 11 is 7.08. The summed E-state index contributed by atoms with van der Waals surface area (Å²) in [4.78, 5) is 0.879. The predicted molar refractivity (Wildman–Crippen MR) is 61.7 cm³/mol. The van der Waals surface area contributed by atoms with Gasteiger partial charge in [-0.2, -0.15) is 4.31 Å². The molecule has 7 heteroatoms. The van der Waals surface area contributed by atoms with Gasteiger partial charge in [-0.15, -0.1) is 11.3 Å². The third-order valence-corrected chi connectivity index (χ3v) is 4.82. The molecule has 0 spiro atoms. The van der Waals surface area contributed by atoms with Crippen molar-refractivity contribution in [1.29, 1.82) is 0 Å². The lowest BCUT2D eigenvalue weighted by Crippen LogP contribution is -2.29. The van der Waals surface area contributed by atoms with Gasteiger partial charge in [-0.05, 0) is 12.1 Å². The Morgan fingerprint density at radius 2 is 2.20 bits per heavy atom. The van der Waals surface area contributed by atoms with Crippen LogP contribution in [0.5, 0.6) is 0 Å². The molecular weight excluding hydrogens is 258 g/mol. The van der Waals surface area contributed by atoms with Crippen molar-refractivity contribution in [2.75, 3.05) is 19.4 Å². The van der Waals surface area contributed by atoms with Crippen molar-refractivity contribution >= 4 is 33.0 Å². The van der Waals surface area contributed by atoms with E-state index in [1.54, 1.807) is 12.1 Å². The van der Waals surface area contributed by atoms with E-state index in [4.69, 9.17) is 16.7 Å². The molecule has 4 nitrogen and oxygen atoms in total. The lowest BCUT2D eigenvalue weighted by atomic mass is 10.5. The maximum absolute atomic E-state index is 11.5. The quantitative estimate of drug-likeness (QED) is 0.873. The average Bonchev–Trinajstić information content (AvgIpc) is 2.51. The summed E-state index contributed by atoms with van der Waals surface area (Å²) in [5.74, 6) is -0.247. The van der Waals surface area contributed by atoms with Crippen LogP contribution in [0.25, 0.3) is 0 Å². The molecule has 0 amide bonds. The van der Waals surface area contributed by atoms with Gasteiger partial charge >= 0.3 is 0 Å². The van der Waals surface area contributed by atoms with E-state index >= 15 is 0 Å². The highest BCUT2D eigenvalue weighted by atomic mass is 35.5. The normalized spacial score (nSPS) is 12.3. The predicted octanol–water partition coefficient (Wildman–Crippen LogP) is 1.16. The lowest BCUT2D eigenvalue weighted by Gasteiger charge is -2.15. The summed E-state index contributed by atoms with van der Waals surface area (Å²) in [6.45, 7) is -0.0718. The number of thiophene rings is 1. The first-order chi connectivity index (χ1) is 6.95. The second kappa shape index (κ2) is 5.27. The highest BCUT2D eigenvalue weighted by Gasteiger charge is 2.17. The van der Waals surface area contributed by atoms with Crippen molar-refractivity contribution in [2.45, 2.75) is 6.54 Å². The molecule has 0 saturated carbocycles. The molecule has 86 valence electrons. The average molecular weight is 270 g/mol. The molecule has 0 aliphatic rings. The minimum absolute atomic E-state index is 0.247. The molecule has 0 saturated heterocycles. The Hall–Kier alpha value is -0.140. The minimum Gasteiger partial charge on any atom is -0.395 e. The van der Waals surface area contributed by atoms with Crippen molar-refractivity contribution in [2.24, 2.45) is 0 Å². The van der Waals surface area contributed by atoms with Gasteiger partial charge in [0.25, 0.3) is 0 Å². The van der Waals surface area contributed by atoms with Crippen LogP contribution in [0.2, 0.25) is 4.34 Å². The molecule has 0 aliphatic heterocycles. The highest BCUT2D eigenvalue weighted by molar-refractivity contribution is 7.89. The van der Waals surface area contributed by atoms with Crippen molar-refractivity contribution in [1.82, 2.24) is 4.31 Å². The largest absolute Gasteiger partial charge is 0.395 e. The maximum Gasteiger partial charge on any atom is 0.216 e.